The van der Waals surface area contributed by atoms with Gasteiger partial charge in [-0.05, 0) is 13.0 Å². The van der Waals surface area contributed by atoms with E-state index in [0.29, 0.717) is 0 Å². The lowest BCUT2D eigenvalue weighted by Gasteiger charge is -1.82. The maximum Gasteiger partial charge on any atom is 0.150 e. The second-order valence-electron chi connectivity index (χ2n) is 3.10. The second kappa shape index (κ2) is 3.58. The van der Waals surface area contributed by atoms with E-state index in [4.69, 9.17) is 4.42 Å². The third kappa shape index (κ3) is 1.29. The lowest BCUT2D eigenvalue weighted by molar-refractivity contribution is 0.572. The molecule has 0 saturated heterocycles. The fourth-order valence-corrected chi connectivity index (χ4v) is 1.62. The van der Waals surface area contributed by atoms with E-state index in [1.165, 1.54) is 0 Å². The number of furan rings is 1. The van der Waals surface area contributed by atoms with Crippen LogP contribution >= 0.6 is 0 Å². The summed E-state index contributed by atoms with van der Waals surface area (Å²) in [4.78, 5) is 0. The van der Waals surface area contributed by atoms with Gasteiger partial charge in [0.1, 0.15) is 5.58 Å². The van der Waals surface area contributed by atoms with E-state index < -0.39 is 0 Å². The van der Waals surface area contributed by atoms with Gasteiger partial charge in [-0.15, -0.1) is 0 Å². The van der Waals surface area contributed by atoms with Gasteiger partial charge >= 0.3 is 0 Å². The van der Waals surface area contributed by atoms with Gasteiger partial charge in [-0.3, -0.25) is 0 Å². The van der Waals surface area contributed by atoms with E-state index in [9.17, 15) is 0 Å². The fourth-order valence-electron chi connectivity index (χ4n) is 1.62. The molecule has 0 saturated carbocycles. The van der Waals surface area contributed by atoms with Crippen LogP contribution in [0.3, 0.4) is 0 Å². The standard InChI is InChI=1S/C12H13NO/c1-3-9-10-6-4-5-7-11(10)14-12(9)8-13-2/h3-8,13H,1-2H3/b9-3-,12-8+. The summed E-state index contributed by atoms with van der Waals surface area (Å²) in [5.41, 5.74) is 1.82. The molecular weight excluding hydrogens is 174 g/mol. The Bertz CT molecular complexity index is 551. The fraction of sp³-hybridized carbons (Fsp3) is 0.167. The number of benzene rings is 1. The van der Waals surface area contributed by atoms with Gasteiger partial charge in [0.15, 0.2) is 5.42 Å². The molecule has 2 rings (SSSR count). The number of rotatable bonds is 1. The molecule has 72 valence electrons. The highest BCUT2D eigenvalue weighted by molar-refractivity contribution is 5.78. The smallest absolute Gasteiger partial charge is 0.150 e. The van der Waals surface area contributed by atoms with Crippen molar-refractivity contribution in [3.8, 4) is 0 Å². The topological polar surface area (TPSA) is 25.2 Å². The molecule has 2 nitrogen and oxygen atoms in total. The number of hydrogen-bond donors (Lipinski definition) is 1. The monoisotopic (exact) mass is 187 g/mol. The molecule has 2 aromatic rings. The zero-order valence-electron chi connectivity index (χ0n) is 8.37. The van der Waals surface area contributed by atoms with Gasteiger partial charge in [-0.1, -0.05) is 24.3 Å². The minimum absolute atomic E-state index is 0.885. The summed E-state index contributed by atoms with van der Waals surface area (Å²) >= 11 is 0. The molecule has 0 bridgehead atoms. The van der Waals surface area contributed by atoms with Gasteiger partial charge in [0.2, 0.25) is 0 Å². The van der Waals surface area contributed by atoms with Crippen LogP contribution in [0.15, 0.2) is 28.7 Å². The van der Waals surface area contributed by atoms with E-state index >= 15 is 0 Å². The Morgan fingerprint density at radius 3 is 2.79 bits per heavy atom. The number of nitrogens with one attached hydrogen (secondary N) is 1. The lowest BCUT2D eigenvalue weighted by Crippen LogP contribution is -2.22. The Hall–Kier alpha value is -1.70. The second-order valence-corrected chi connectivity index (χ2v) is 3.10. The first kappa shape index (κ1) is 8.88. The number of fused-ring (bicyclic) bond motifs is 1. The highest BCUT2D eigenvalue weighted by atomic mass is 16.3. The van der Waals surface area contributed by atoms with Crippen LogP contribution in [0, 0.1) is 0 Å². The van der Waals surface area contributed by atoms with E-state index in [0.717, 1.165) is 21.6 Å². The first-order chi connectivity index (χ1) is 6.86. The Kier molecular flexibility index (Phi) is 2.27. The molecule has 14 heavy (non-hydrogen) atoms. The minimum Gasteiger partial charge on any atom is -0.455 e. The predicted octanol–water partition coefficient (Wildman–Crippen LogP) is 1.19. The van der Waals surface area contributed by atoms with Gasteiger partial charge in [0, 0.05) is 23.9 Å². The summed E-state index contributed by atoms with van der Waals surface area (Å²) in [6.45, 7) is 2.02. The number of para-hydroxylation sites is 1. The van der Waals surface area contributed by atoms with Crippen molar-refractivity contribution in [3.63, 3.8) is 0 Å². The summed E-state index contributed by atoms with van der Waals surface area (Å²) in [5.74, 6) is 0. The molecule has 1 heterocycles. The van der Waals surface area contributed by atoms with E-state index in [1.54, 1.807) is 0 Å². The quantitative estimate of drug-likeness (QED) is 0.725. The molecule has 0 fully saturated rings. The largest absolute Gasteiger partial charge is 0.455 e. The van der Waals surface area contributed by atoms with Gasteiger partial charge < -0.3 is 9.73 Å². The third-order valence-corrected chi connectivity index (χ3v) is 2.23. The van der Waals surface area contributed by atoms with Crippen LogP contribution in [-0.2, 0) is 0 Å². The molecule has 0 radical (unpaired) electrons. The Morgan fingerprint density at radius 1 is 1.29 bits per heavy atom. The van der Waals surface area contributed by atoms with Crippen molar-refractivity contribution in [1.82, 2.24) is 5.32 Å². The van der Waals surface area contributed by atoms with Crippen LogP contribution in [0.1, 0.15) is 6.92 Å². The highest BCUT2D eigenvalue weighted by Crippen LogP contribution is 2.06. The number of hydrogen-bond acceptors (Lipinski definition) is 2. The van der Waals surface area contributed by atoms with Gasteiger partial charge in [-0.25, -0.2) is 0 Å². The van der Waals surface area contributed by atoms with Crippen LogP contribution in [0.5, 0.6) is 0 Å². The van der Waals surface area contributed by atoms with Gasteiger partial charge in [0.25, 0.3) is 0 Å². The van der Waals surface area contributed by atoms with Crippen molar-refractivity contribution >= 4 is 23.2 Å². The summed E-state index contributed by atoms with van der Waals surface area (Å²) in [6.07, 6.45) is 3.93. The molecule has 0 aliphatic carbocycles. The van der Waals surface area contributed by atoms with Crippen molar-refractivity contribution in [2.75, 3.05) is 7.05 Å². The van der Waals surface area contributed by atoms with Gasteiger partial charge in [0.05, 0.1) is 0 Å². The molecular formula is C12H13NO. The minimum atomic E-state index is 0.885. The lowest BCUT2D eigenvalue weighted by atomic mass is 10.2. The van der Waals surface area contributed by atoms with E-state index in [2.05, 4.69) is 17.5 Å². The average Bonchev–Trinajstić information content (AvgIpc) is 2.55. The van der Waals surface area contributed by atoms with Crippen LogP contribution in [-0.4, -0.2) is 7.05 Å². The van der Waals surface area contributed by atoms with Crippen LogP contribution in [0.2, 0.25) is 0 Å². The molecule has 0 spiro atoms. The first-order valence-electron chi connectivity index (χ1n) is 4.68. The molecule has 1 aromatic carbocycles. The molecule has 0 aliphatic heterocycles. The van der Waals surface area contributed by atoms with Crippen LogP contribution in [0.25, 0.3) is 23.2 Å². The summed E-state index contributed by atoms with van der Waals surface area (Å²) in [5, 5.41) is 5.29. The molecule has 2 heteroatoms. The SMILES string of the molecule is C/C=c1\c(=C/NC)oc2ccccc12. The Morgan fingerprint density at radius 2 is 2.07 bits per heavy atom. The maximum atomic E-state index is 5.68. The summed E-state index contributed by atoms with van der Waals surface area (Å²) in [7, 11) is 1.87. The summed E-state index contributed by atoms with van der Waals surface area (Å²) < 4.78 is 5.68. The van der Waals surface area contributed by atoms with E-state index in [1.807, 2.05) is 38.4 Å². The maximum absolute atomic E-state index is 5.68. The van der Waals surface area contributed by atoms with Crippen LogP contribution in [0.4, 0.5) is 0 Å². The van der Waals surface area contributed by atoms with Gasteiger partial charge in [-0.2, -0.15) is 0 Å². The predicted molar refractivity (Wildman–Crippen MR) is 59.1 cm³/mol. The first-order valence-corrected chi connectivity index (χ1v) is 4.68. The Balaban J connectivity index is 2.94. The zero-order valence-corrected chi connectivity index (χ0v) is 8.37. The normalized spacial score (nSPS) is 13.9. The molecule has 1 N–H and O–H groups in total. The molecule has 1 aromatic heterocycles. The Labute approximate surface area is 82.5 Å². The van der Waals surface area contributed by atoms with Crippen molar-refractivity contribution in [1.29, 1.82) is 0 Å². The highest BCUT2D eigenvalue weighted by Gasteiger charge is 1.99. The summed E-state index contributed by atoms with van der Waals surface area (Å²) in [6, 6.07) is 8.05. The molecule has 0 unspecified atom stereocenters. The van der Waals surface area contributed by atoms with Crippen molar-refractivity contribution in [3.05, 3.63) is 34.9 Å². The zero-order chi connectivity index (χ0) is 9.97. The molecule has 0 amide bonds. The van der Waals surface area contributed by atoms with Crippen LogP contribution < -0.4 is 16.0 Å². The van der Waals surface area contributed by atoms with Crippen molar-refractivity contribution in [2.45, 2.75) is 6.92 Å². The van der Waals surface area contributed by atoms with Crippen molar-refractivity contribution in [2.24, 2.45) is 0 Å². The van der Waals surface area contributed by atoms with Crippen molar-refractivity contribution < 1.29 is 4.42 Å². The van der Waals surface area contributed by atoms with E-state index in [-0.39, 0.29) is 0 Å². The molecule has 0 atom stereocenters. The average molecular weight is 187 g/mol. The third-order valence-electron chi connectivity index (χ3n) is 2.23. The molecule has 0 aliphatic rings.